The number of anilines is 5. The number of nitrogens with one attached hydrogen (secondary N) is 6. The molecule has 0 amide bonds. The van der Waals surface area contributed by atoms with Crippen molar-refractivity contribution in [2.24, 2.45) is 0 Å². The fourth-order valence-electron chi connectivity index (χ4n) is 12.9. The third kappa shape index (κ3) is 29.6. The summed E-state index contributed by atoms with van der Waals surface area (Å²) in [6.07, 6.45) is 16.4. The minimum Gasteiger partial charge on any atom is -0.384 e. The topological polar surface area (TPSA) is 150 Å². The lowest BCUT2D eigenvalue weighted by Gasteiger charge is -2.21. The maximum atomic E-state index is 6.11. The highest BCUT2D eigenvalue weighted by Gasteiger charge is 2.15. The van der Waals surface area contributed by atoms with Crippen molar-refractivity contribution >= 4 is 141 Å². The Morgan fingerprint density at radius 2 is 0.692 bits per heavy atom. The molecule has 0 bridgehead atoms. The SMILES string of the molecule is CCN(CC)CCCC(C)Nc1c(C)cnc2cc(Cl)ccc12.CCN(CC)CCCC(C)Nc1ccnc2cc(Cl)ccc12.CCN(CC)CCCNc1c(C)cnc2cc(Cl)ccc12.CCN(CC)CCNc1c(C)cnc2cc(Cl)ccc12.Cc1cnc2ccc(Cl)cc2c1NCCCNC(C)(C)C. The lowest BCUT2D eigenvalue weighted by molar-refractivity contribution is 0.295. The zero-order chi connectivity index (χ0) is 78.0. The van der Waals surface area contributed by atoms with Crippen LogP contribution < -0.4 is 31.9 Å². The first-order valence-corrected chi connectivity index (χ1v) is 40.9. The summed E-state index contributed by atoms with van der Waals surface area (Å²) in [6, 6.07) is 32.3. The van der Waals surface area contributed by atoms with E-state index in [1.54, 1.807) is 0 Å². The Bertz CT molecular complexity index is 4280. The molecule has 0 radical (unpaired) electrons. The molecule has 2 atom stereocenters. The highest BCUT2D eigenvalue weighted by atomic mass is 35.5. The van der Waals surface area contributed by atoms with E-state index >= 15 is 0 Å². The standard InChI is InChI=1S/C19H28ClN3.C18H26ClN3.2C17H24ClN3.C16H22ClN3/c1-5-23(6-2)11-7-8-15(4)22-19-14(3)13-21-18-12-16(20)9-10-17(18)19;1-4-22(5-2)12-6-7-14(3)21-17-10-11-20-18-13-15(19)8-9-16(17)18;1-12-11-20-15-7-6-13(18)10-14(15)16(12)19-8-5-9-21-17(2,3)4;1-4-21(5-2)10-6-9-19-17-13(3)12-20-16-11-14(18)7-8-15(16)17;1-4-20(5-2)9-8-18-16-12(3)11-19-15-10-13(17)6-7-14(15)16/h9-10,12-13,15H,5-8,11H2,1-4H3,(H,21,22);8-11,13-14H,4-7,12H2,1-3H3,(H,20,21);6-7,10-11,21H,5,8-9H2,1-4H3,(H,19,20);7-8,11-12H,4-6,9-10H2,1-3H3,(H,19,20);6-7,10-11H,4-5,8-9H2,1-3H3,(H,18,19). The maximum Gasteiger partial charge on any atom is 0.0737 e. The first-order valence-electron chi connectivity index (χ1n) is 39.0. The van der Waals surface area contributed by atoms with Crippen molar-refractivity contribution in [2.45, 2.75) is 174 Å². The first-order chi connectivity index (χ1) is 51.3. The summed E-state index contributed by atoms with van der Waals surface area (Å²) in [5, 5.41) is 30.7. The zero-order valence-corrected chi connectivity index (χ0v) is 71.0. The van der Waals surface area contributed by atoms with Crippen LogP contribution in [0.25, 0.3) is 54.5 Å². The Morgan fingerprint density at radius 1 is 0.346 bits per heavy atom. The molecular formula is C87H124Cl5N15. The lowest BCUT2D eigenvalue weighted by Crippen LogP contribution is -2.36. The van der Waals surface area contributed by atoms with Gasteiger partial charge in [0.25, 0.3) is 0 Å². The van der Waals surface area contributed by atoms with Crippen LogP contribution in [0.5, 0.6) is 0 Å². The second-order valence-corrected chi connectivity index (χ2v) is 30.8. The number of fused-ring (bicyclic) bond motifs is 5. The molecule has 0 saturated carbocycles. The molecule has 5 heterocycles. The number of pyridine rings is 5. The molecule has 2 unspecified atom stereocenters. The fraction of sp³-hybridized carbons (Fsp3) is 0.483. The molecule has 6 N–H and O–H groups in total. The number of nitrogens with zero attached hydrogens (tertiary/aromatic N) is 9. The summed E-state index contributed by atoms with van der Waals surface area (Å²) in [7, 11) is 0. The van der Waals surface area contributed by atoms with Crippen LogP contribution in [-0.2, 0) is 0 Å². The van der Waals surface area contributed by atoms with Gasteiger partial charge in [-0.05, 0) is 299 Å². The van der Waals surface area contributed by atoms with E-state index in [0.29, 0.717) is 12.1 Å². The number of rotatable bonds is 34. The Hall–Kier alpha value is -6.60. The van der Waals surface area contributed by atoms with Crippen molar-refractivity contribution in [3.63, 3.8) is 0 Å². The zero-order valence-electron chi connectivity index (χ0n) is 67.3. The van der Waals surface area contributed by atoms with Gasteiger partial charge in [-0.15, -0.1) is 0 Å². The minimum absolute atomic E-state index is 0.173. The average Bonchev–Trinajstić information content (AvgIpc) is 0.830. The molecule has 0 saturated heterocycles. The van der Waals surface area contributed by atoms with Gasteiger partial charge in [0.2, 0.25) is 0 Å². The number of hydrogen-bond donors (Lipinski definition) is 6. The number of aryl methyl sites for hydroxylation is 4. The van der Waals surface area contributed by atoms with Crippen molar-refractivity contribution in [1.82, 2.24) is 49.8 Å². The number of likely N-dealkylation sites (N-methyl/N-ethyl adjacent to an activating group) is 1. The monoisotopic (exact) mass is 1550 g/mol. The highest BCUT2D eigenvalue weighted by molar-refractivity contribution is 6.33. The predicted molar refractivity (Wildman–Crippen MR) is 471 cm³/mol. The fourth-order valence-corrected chi connectivity index (χ4v) is 13.7. The van der Waals surface area contributed by atoms with Gasteiger partial charge in [0.15, 0.2) is 0 Å². The predicted octanol–water partition coefficient (Wildman–Crippen LogP) is 22.6. The minimum atomic E-state index is 0.173. The van der Waals surface area contributed by atoms with E-state index < -0.39 is 0 Å². The second kappa shape index (κ2) is 46.8. The number of halogens is 5. The van der Waals surface area contributed by atoms with Gasteiger partial charge >= 0.3 is 0 Å². The summed E-state index contributed by atoms with van der Waals surface area (Å²) >= 11 is 30.3. The van der Waals surface area contributed by atoms with Crippen molar-refractivity contribution in [3.8, 4) is 0 Å². The molecule has 0 fully saturated rings. The molecule has 10 aromatic rings. The molecule has 20 heteroatoms. The summed E-state index contributed by atoms with van der Waals surface area (Å²) in [5.41, 5.74) is 15.4. The molecule has 0 aliphatic heterocycles. The van der Waals surface area contributed by atoms with E-state index in [1.165, 1.54) is 59.7 Å². The van der Waals surface area contributed by atoms with Crippen LogP contribution in [0.3, 0.4) is 0 Å². The van der Waals surface area contributed by atoms with Gasteiger partial charge in [-0.25, -0.2) is 0 Å². The number of aromatic nitrogens is 5. The normalized spacial score (nSPS) is 12.0. The lowest BCUT2D eigenvalue weighted by atomic mass is 10.1. The smallest absolute Gasteiger partial charge is 0.0737 e. The van der Waals surface area contributed by atoms with Crippen LogP contribution in [0, 0.1) is 27.7 Å². The third-order valence-electron chi connectivity index (χ3n) is 19.4. The summed E-state index contributed by atoms with van der Waals surface area (Å²) in [5.74, 6) is 0. The Morgan fingerprint density at radius 3 is 1.14 bits per heavy atom. The summed E-state index contributed by atoms with van der Waals surface area (Å²) in [6.45, 7) is 54.4. The molecule has 5 aromatic heterocycles. The van der Waals surface area contributed by atoms with Crippen molar-refractivity contribution < 1.29 is 0 Å². The van der Waals surface area contributed by atoms with Crippen molar-refractivity contribution in [3.05, 3.63) is 175 Å². The summed E-state index contributed by atoms with van der Waals surface area (Å²) < 4.78 is 0. The summed E-state index contributed by atoms with van der Waals surface area (Å²) in [4.78, 5) is 32.0. The molecular weight excluding hydrogens is 1430 g/mol. The van der Waals surface area contributed by atoms with Gasteiger partial charge in [0.05, 0.1) is 27.6 Å². The third-order valence-corrected chi connectivity index (χ3v) is 20.5. The Kier molecular flexibility index (Phi) is 39.1. The van der Waals surface area contributed by atoms with E-state index in [1.807, 2.05) is 122 Å². The van der Waals surface area contributed by atoms with E-state index in [0.717, 1.165) is 214 Å². The first kappa shape index (κ1) is 89.3. The Balaban J connectivity index is 0.000000209. The second-order valence-electron chi connectivity index (χ2n) is 28.6. The molecule has 0 aliphatic rings. The van der Waals surface area contributed by atoms with Gasteiger partial charge in [-0.1, -0.05) is 113 Å². The molecule has 0 aliphatic carbocycles. The quantitative estimate of drug-likeness (QED) is 0.0212. The van der Waals surface area contributed by atoms with Crippen LogP contribution in [0.15, 0.2) is 128 Å². The molecule has 10 rings (SSSR count). The molecule has 582 valence electrons. The van der Waals surface area contributed by atoms with Gasteiger partial charge in [-0.3, -0.25) is 24.9 Å². The highest BCUT2D eigenvalue weighted by Crippen LogP contribution is 2.33. The maximum absolute atomic E-state index is 6.11. The van der Waals surface area contributed by atoms with Crippen LogP contribution in [0.1, 0.15) is 151 Å². The van der Waals surface area contributed by atoms with Gasteiger partial charge in [-0.2, -0.15) is 0 Å². The average molecular weight is 1560 g/mol. The van der Waals surface area contributed by atoms with E-state index in [9.17, 15) is 0 Å². The van der Waals surface area contributed by atoms with Crippen LogP contribution in [0.2, 0.25) is 25.1 Å². The van der Waals surface area contributed by atoms with E-state index in [4.69, 9.17) is 58.0 Å². The van der Waals surface area contributed by atoms with Gasteiger partial charge < -0.3 is 51.5 Å². The van der Waals surface area contributed by atoms with E-state index in [-0.39, 0.29) is 5.54 Å². The molecule has 107 heavy (non-hydrogen) atoms. The van der Waals surface area contributed by atoms with Crippen LogP contribution in [-0.4, -0.2) is 167 Å². The van der Waals surface area contributed by atoms with Gasteiger partial charge in [0.1, 0.15) is 0 Å². The largest absolute Gasteiger partial charge is 0.384 e. The van der Waals surface area contributed by atoms with Crippen LogP contribution >= 0.6 is 58.0 Å². The molecule has 5 aromatic carbocycles. The number of benzene rings is 5. The van der Waals surface area contributed by atoms with Crippen molar-refractivity contribution in [1.29, 1.82) is 0 Å². The molecule has 0 spiro atoms. The Labute approximate surface area is 666 Å². The molecule has 15 nitrogen and oxygen atoms in total. The van der Waals surface area contributed by atoms with Gasteiger partial charge in [0, 0.05) is 155 Å². The van der Waals surface area contributed by atoms with Crippen molar-refractivity contribution in [2.75, 3.05) is 131 Å². The number of hydrogen-bond acceptors (Lipinski definition) is 15. The van der Waals surface area contributed by atoms with Crippen LogP contribution in [0.4, 0.5) is 28.4 Å². The van der Waals surface area contributed by atoms with E-state index in [2.05, 4.69) is 200 Å².